The van der Waals surface area contributed by atoms with Gasteiger partial charge >= 0.3 is 0 Å². The maximum atomic E-state index is 6.34. The van der Waals surface area contributed by atoms with E-state index in [1.165, 1.54) is 9.40 Å². The fourth-order valence-electron chi connectivity index (χ4n) is 2.11. The number of nitrogens with zero attached hydrogens (tertiary/aromatic N) is 2. The molecule has 0 amide bonds. The van der Waals surface area contributed by atoms with E-state index in [2.05, 4.69) is 59.3 Å². The van der Waals surface area contributed by atoms with Gasteiger partial charge in [0, 0.05) is 23.7 Å². The number of benzene rings is 1. The predicted octanol–water partition coefficient (Wildman–Crippen LogP) is 6.75. The number of rotatable bonds is 1. The molecule has 0 aliphatic rings. The summed E-state index contributed by atoms with van der Waals surface area (Å²) >= 11 is 16.8. The van der Waals surface area contributed by atoms with Gasteiger partial charge in [-0.05, 0) is 45.6 Å². The van der Waals surface area contributed by atoms with E-state index in [0.717, 1.165) is 24.7 Å². The van der Waals surface area contributed by atoms with E-state index in [9.17, 15) is 0 Å². The highest BCUT2D eigenvalue weighted by Gasteiger charge is 2.13. The van der Waals surface area contributed by atoms with Crippen molar-refractivity contribution >= 4 is 86.4 Å². The SMILES string of the molecule is Clc1nc(-c2cc3sccc3s2)nc2c(Br)cc(Br)cc12. The van der Waals surface area contributed by atoms with Crippen LogP contribution in [0.1, 0.15) is 0 Å². The van der Waals surface area contributed by atoms with Gasteiger partial charge < -0.3 is 0 Å². The molecule has 0 aliphatic heterocycles. The zero-order chi connectivity index (χ0) is 14.6. The van der Waals surface area contributed by atoms with Crippen molar-refractivity contribution in [2.24, 2.45) is 0 Å². The molecule has 3 aromatic heterocycles. The summed E-state index contributed by atoms with van der Waals surface area (Å²) in [6.07, 6.45) is 0. The van der Waals surface area contributed by atoms with Crippen LogP contribution >= 0.6 is 66.1 Å². The number of fused-ring (bicyclic) bond motifs is 2. The summed E-state index contributed by atoms with van der Waals surface area (Å²) in [5, 5.41) is 3.39. The predicted molar refractivity (Wildman–Crippen MR) is 98.6 cm³/mol. The average molecular weight is 461 g/mol. The Balaban J connectivity index is 1.99. The van der Waals surface area contributed by atoms with Gasteiger partial charge in [-0.15, -0.1) is 22.7 Å². The number of hydrogen-bond donors (Lipinski definition) is 0. The molecular weight excluding hydrogens is 456 g/mol. The van der Waals surface area contributed by atoms with E-state index in [1.54, 1.807) is 22.7 Å². The van der Waals surface area contributed by atoms with Crippen molar-refractivity contribution in [2.75, 3.05) is 0 Å². The Bertz CT molecular complexity index is 965. The lowest BCUT2D eigenvalue weighted by Gasteiger charge is -2.05. The highest BCUT2D eigenvalue weighted by molar-refractivity contribution is 9.11. The molecule has 0 radical (unpaired) electrons. The molecule has 0 atom stereocenters. The van der Waals surface area contributed by atoms with Crippen LogP contribution in [0.2, 0.25) is 5.15 Å². The first-order chi connectivity index (χ1) is 10.1. The summed E-state index contributed by atoms with van der Waals surface area (Å²) in [6.45, 7) is 0. The van der Waals surface area contributed by atoms with Crippen molar-refractivity contribution in [1.82, 2.24) is 9.97 Å². The quantitative estimate of drug-likeness (QED) is 0.294. The van der Waals surface area contributed by atoms with Gasteiger partial charge in [0.1, 0.15) is 5.15 Å². The average Bonchev–Trinajstić information content (AvgIpc) is 3.00. The molecule has 0 aliphatic carbocycles. The molecule has 21 heavy (non-hydrogen) atoms. The molecule has 2 nitrogen and oxygen atoms in total. The molecule has 0 spiro atoms. The lowest BCUT2D eigenvalue weighted by atomic mass is 10.2. The Hall–Kier alpha value is -0.530. The summed E-state index contributed by atoms with van der Waals surface area (Å²) in [5.74, 6) is 0.670. The molecule has 0 saturated carbocycles. The molecule has 0 fully saturated rings. The largest absolute Gasteiger partial charge is 0.226 e. The maximum absolute atomic E-state index is 6.34. The second-order valence-corrected chi connectivity index (χ2v) is 8.54. The summed E-state index contributed by atoms with van der Waals surface area (Å²) in [6, 6.07) is 8.13. The summed E-state index contributed by atoms with van der Waals surface area (Å²) in [4.78, 5) is 10.2. The lowest BCUT2D eigenvalue weighted by molar-refractivity contribution is 1.23. The fraction of sp³-hybridized carbons (Fsp3) is 0. The minimum absolute atomic E-state index is 0.466. The van der Waals surface area contributed by atoms with Gasteiger partial charge in [0.15, 0.2) is 5.82 Å². The first-order valence-corrected chi connectivity index (χ1v) is 9.57. The van der Waals surface area contributed by atoms with Crippen LogP contribution in [0.25, 0.3) is 31.0 Å². The highest BCUT2D eigenvalue weighted by Crippen LogP contribution is 2.37. The minimum atomic E-state index is 0.466. The van der Waals surface area contributed by atoms with Gasteiger partial charge in [0.2, 0.25) is 0 Å². The molecule has 1 aromatic carbocycles. The van der Waals surface area contributed by atoms with Crippen LogP contribution in [-0.4, -0.2) is 9.97 Å². The van der Waals surface area contributed by atoms with Gasteiger partial charge in [0.05, 0.1) is 10.4 Å². The number of halogens is 3. The Kier molecular flexibility index (Phi) is 3.54. The highest BCUT2D eigenvalue weighted by atomic mass is 79.9. The Labute approximate surface area is 150 Å². The molecule has 3 heterocycles. The zero-order valence-corrected chi connectivity index (χ0v) is 15.8. The molecule has 4 rings (SSSR count). The number of thiophene rings is 2. The monoisotopic (exact) mass is 458 g/mol. The van der Waals surface area contributed by atoms with Crippen LogP contribution in [0.4, 0.5) is 0 Å². The molecule has 0 unspecified atom stereocenters. The van der Waals surface area contributed by atoms with E-state index in [1.807, 2.05) is 12.1 Å². The van der Waals surface area contributed by atoms with E-state index in [0.29, 0.717) is 11.0 Å². The Morgan fingerprint density at radius 2 is 1.90 bits per heavy atom. The van der Waals surface area contributed by atoms with Crippen molar-refractivity contribution < 1.29 is 0 Å². The molecule has 0 bridgehead atoms. The van der Waals surface area contributed by atoms with Crippen molar-refractivity contribution in [3.63, 3.8) is 0 Å². The Morgan fingerprint density at radius 3 is 2.71 bits per heavy atom. The fourth-order valence-corrected chi connectivity index (χ4v) is 5.69. The van der Waals surface area contributed by atoms with E-state index < -0.39 is 0 Å². The van der Waals surface area contributed by atoms with Gasteiger partial charge in [-0.3, -0.25) is 0 Å². The summed E-state index contributed by atoms with van der Waals surface area (Å²) in [7, 11) is 0. The second kappa shape index (κ2) is 5.28. The smallest absolute Gasteiger partial charge is 0.171 e. The number of aromatic nitrogens is 2. The molecule has 104 valence electrons. The van der Waals surface area contributed by atoms with Crippen molar-refractivity contribution in [1.29, 1.82) is 0 Å². The van der Waals surface area contributed by atoms with Crippen LogP contribution in [0.15, 0.2) is 38.6 Å². The van der Waals surface area contributed by atoms with Gasteiger partial charge in [0.25, 0.3) is 0 Å². The van der Waals surface area contributed by atoms with Crippen LogP contribution in [0.3, 0.4) is 0 Å². The standard InChI is InChI=1S/C14H5Br2ClN2S2/c15-6-3-7-12(8(16)4-6)18-14(19-13(7)17)11-5-10-9(21-11)1-2-20-10/h1-5H. The van der Waals surface area contributed by atoms with Gasteiger partial charge in [-0.25, -0.2) is 9.97 Å². The van der Waals surface area contributed by atoms with E-state index >= 15 is 0 Å². The first kappa shape index (κ1) is 14.1. The molecule has 0 N–H and O–H groups in total. The van der Waals surface area contributed by atoms with Gasteiger partial charge in [-0.1, -0.05) is 27.5 Å². The van der Waals surface area contributed by atoms with Crippen LogP contribution in [0, 0.1) is 0 Å². The second-order valence-electron chi connectivity index (χ2n) is 4.38. The summed E-state index contributed by atoms with van der Waals surface area (Å²) in [5.41, 5.74) is 0.824. The Morgan fingerprint density at radius 1 is 1.05 bits per heavy atom. The number of hydrogen-bond acceptors (Lipinski definition) is 4. The maximum Gasteiger partial charge on any atom is 0.171 e. The third-order valence-corrected chi connectivity index (χ3v) is 6.47. The van der Waals surface area contributed by atoms with E-state index in [4.69, 9.17) is 11.6 Å². The van der Waals surface area contributed by atoms with Crippen LogP contribution < -0.4 is 0 Å². The molecule has 4 aromatic rings. The third kappa shape index (κ3) is 2.43. The van der Waals surface area contributed by atoms with Crippen LogP contribution in [0.5, 0.6) is 0 Å². The van der Waals surface area contributed by atoms with Crippen LogP contribution in [-0.2, 0) is 0 Å². The zero-order valence-electron chi connectivity index (χ0n) is 10.2. The summed E-state index contributed by atoms with van der Waals surface area (Å²) < 4.78 is 4.35. The van der Waals surface area contributed by atoms with Crippen molar-refractivity contribution in [3.05, 3.63) is 43.7 Å². The first-order valence-electron chi connectivity index (χ1n) is 5.91. The van der Waals surface area contributed by atoms with Crippen molar-refractivity contribution in [2.45, 2.75) is 0 Å². The molecular formula is C14H5Br2ClN2S2. The topological polar surface area (TPSA) is 25.8 Å². The molecule has 7 heteroatoms. The normalized spacial score (nSPS) is 11.6. The van der Waals surface area contributed by atoms with Crippen molar-refractivity contribution in [3.8, 4) is 10.7 Å². The lowest BCUT2D eigenvalue weighted by Crippen LogP contribution is -1.91. The third-order valence-electron chi connectivity index (χ3n) is 3.03. The van der Waals surface area contributed by atoms with E-state index in [-0.39, 0.29) is 0 Å². The minimum Gasteiger partial charge on any atom is -0.226 e. The van der Waals surface area contributed by atoms with Gasteiger partial charge in [-0.2, -0.15) is 0 Å². The molecule has 0 saturated heterocycles.